The first-order chi connectivity index (χ1) is 6.60. The lowest BCUT2D eigenvalue weighted by molar-refractivity contribution is -0.935. The van der Waals surface area contributed by atoms with Crippen LogP contribution in [-0.2, 0) is 4.79 Å². The second-order valence-electron chi connectivity index (χ2n) is 6.59. The number of carbonyl (C=O) groups excluding carboxylic acids is 1. The molecule has 1 aliphatic rings. The van der Waals surface area contributed by atoms with Crippen molar-refractivity contribution in [2.45, 2.75) is 47.1 Å². The van der Waals surface area contributed by atoms with Gasteiger partial charge in [0.1, 0.15) is 13.1 Å². The Kier molecular flexibility index (Phi) is 3.11. The van der Waals surface area contributed by atoms with Gasteiger partial charge < -0.3 is 4.90 Å². The Morgan fingerprint density at radius 1 is 1.07 bits per heavy atom. The predicted molar refractivity (Wildman–Crippen MR) is 63.0 cm³/mol. The zero-order chi connectivity index (χ0) is 11.9. The SMILES string of the molecule is CC(C)(C)C1=CC(=O)C[NH+](C(C)(C)C)C1. The van der Waals surface area contributed by atoms with E-state index in [1.807, 2.05) is 6.08 Å². The van der Waals surface area contributed by atoms with Crippen LogP contribution >= 0.6 is 0 Å². The van der Waals surface area contributed by atoms with Gasteiger partial charge in [0, 0.05) is 0 Å². The van der Waals surface area contributed by atoms with Crippen molar-refractivity contribution in [1.82, 2.24) is 0 Å². The van der Waals surface area contributed by atoms with E-state index in [0.29, 0.717) is 6.54 Å². The van der Waals surface area contributed by atoms with Crippen molar-refractivity contribution in [3.8, 4) is 0 Å². The summed E-state index contributed by atoms with van der Waals surface area (Å²) in [5.74, 6) is 0.274. The third-order valence-corrected chi connectivity index (χ3v) is 3.15. The average molecular weight is 210 g/mol. The summed E-state index contributed by atoms with van der Waals surface area (Å²) in [5.41, 5.74) is 1.55. The van der Waals surface area contributed by atoms with Crippen LogP contribution in [0.4, 0.5) is 0 Å². The molecule has 0 aromatic heterocycles. The molecule has 0 aliphatic carbocycles. The fourth-order valence-corrected chi connectivity index (χ4v) is 1.81. The summed E-state index contributed by atoms with van der Waals surface area (Å²) >= 11 is 0. The average Bonchev–Trinajstić information content (AvgIpc) is 1.99. The normalized spacial score (nSPS) is 24.0. The van der Waals surface area contributed by atoms with Crippen LogP contribution in [0.15, 0.2) is 11.6 Å². The van der Waals surface area contributed by atoms with Gasteiger partial charge in [-0.1, -0.05) is 20.8 Å². The highest BCUT2D eigenvalue weighted by Gasteiger charge is 2.34. The minimum absolute atomic E-state index is 0.118. The molecule has 0 saturated carbocycles. The number of rotatable bonds is 0. The van der Waals surface area contributed by atoms with Gasteiger partial charge in [-0.05, 0) is 37.8 Å². The summed E-state index contributed by atoms with van der Waals surface area (Å²) in [6.07, 6.45) is 1.86. The fourth-order valence-electron chi connectivity index (χ4n) is 1.81. The monoisotopic (exact) mass is 210 g/mol. The number of quaternary nitrogens is 1. The second-order valence-corrected chi connectivity index (χ2v) is 6.59. The smallest absolute Gasteiger partial charge is 0.209 e. The molecule has 0 fully saturated rings. The highest BCUT2D eigenvalue weighted by Crippen LogP contribution is 2.25. The predicted octanol–water partition coefficient (Wildman–Crippen LogP) is 1.22. The largest absolute Gasteiger partial charge is 0.321 e. The Labute approximate surface area is 93.3 Å². The summed E-state index contributed by atoms with van der Waals surface area (Å²) in [6, 6.07) is 0. The summed E-state index contributed by atoms with van der Waals surface area (Å²) in [5, 5.41) is 0. The van der Waals surface area contributed by atoms with E-state index in [0.717, 1.165) is 6.54 Å². The Bertz CT molecular complexity index is 289. The van der Waals surface area contributed by atoms with Crippen LogP contribution in [0.5, 0.6) is 0 Å². The summed E-state index contributed by atoms with van der Waals surface area (Å²) < 4.78 is 0. The molecule has 0 saturated heterocycles. The van der Waals surface area contributed by atoms with Crippen molar-refractivity contribution in [1.29, 1.82) is 0 Å². The van der Waals surface area contributed by atoms with Crippen LogP contribution in [0.1, 0.15) is 41.5 Å². The van der Waals surface area contributed by atoms with Gasteiger partial charge in [0.15, 0.2) is 0 Å². The number of nitrogens with one attached hydrogen (secondary N) is 1. The molecule has 1 heterocycles. The Balaban J connectivity index is 2.91. The number of hydrogen-bond acceptors (Lipinski definition) is 1. The lowest BCUT2D eigenvalue weighted by Gasteiger charge is -2.37. The zero-order valence-corrected chi connectivity index (χ0v) is 10.9. The van der Waals surface area contributed by atoms with Crippen LogP contribution in [0.3, 0.4) is 0 Å². The third-order valence-electron chi connectivity index (χ3n) is 3.15. The first-order valence-electron chi connectivity index (χ1n) is 5.70. The minimum atomic E-state index is 0.118. The molecule has 1 aliphatic heterocycles. The maximum absolute atomic E-state index is 11.7. The molecule has 0 aromatic carbocycles. The third kappa shape index (κ3) is 3.16. The van der Waals surface area contributed by atoms with E-state index < -0.39 is 0 Å². The number of ketones is 1. The lowest BCUT2D eigenvalue weighted by atomic mass is 9.83. The summed E-state index contributed by atoms with van der Waals surface area (Å²) in [7, 11) is 0. The van der Waals surface area contributed by atoms with Gasteiger partial charge in [-0.2, -0.15) is 0 Å². The van der Waals surface area contributed by atoms with E-state index in [1.54, 1.807) is 0 Å². The van der Waals surface area contributed by atoms with Crippen LogP contribution in [0.25, 0.3) is 0 Å². The van der Waals surface area contributed by atoms with Gasteiger partial charge >= 0.3 is 0 Å². The first kappa shape index (κ1) is 12.4. The summed E-state index contributed by atoms with van der Waals surface area (Å²) in [6.45, 7) is 14.8. The molecule has 0 spiro atoms. The van der Waals surface area contributed by atoms with Crippen molar-refractivity contribution in [3.63, 3.8) is 0 Å². The van der Waals surface area contributed by atoms with Crippen molar-refractivity contribution in [3.05, 3.63) is 11.6 Å². The molecule has 2 heteroatoms. The molecule has 15 heavy (non-hydrogen) atoms. The molecule has 86 valence electrons. The Hall–Kier alpha value is -0.630. The molecule has 0 amide bonds. The molecule has 1 rings (SSSR count). The highest BCUT2D eigenvalue weighted by molar-refractivity contribution is 5.91. The van der Waals surface area contributed by atoms with Crippen molar-refractivity contribution >= 4 is 5.78 Å². The van der Waals surface area contributed by atoms with E-state index in [1.165, 1.54) is 10.5 Å². The molecule has 1 N–H and O–H groups in total. The van der Waals surface area contributed by atoms with Gasteiger partial charge in [-0.25, -0.2) is 0 Å². The van der Waals surface area contributed by atoms with Gasteiger partial charge in [0.25, 0.3) is 0 Å². The summed E-state index contributed by atoms with van der Waals surface area (Å²) in [4.78, 5) is 13.1. The molecule has 1 atom stereocenters. The molecule has 1 unspecified atom stereocenters. The lowest BCUT2D eigenvalue weighted by Crippen LogP contribution is -3.20. The van der Waals surface area contributed by atoms with E-state index in [4.69, 9.17) is 0 Å². The van der Waals surface area contributed by atoms with Crippen molar-refractivity contribution in [2.75, 3.05) is 13.1 Å². The fraction of sp³-hybridized carbons (Fsp3) is 0.769. The van der Waals surface area contributed by atoms with E-state index in [9.17, 15) is 4.79 Å². The van der Waals surface area contributed by atoms with E-state index in [2.05, 4.69) is 41.5 Å². The Morgan fingerprint density at radius 2 is 1.60 bits per heavy atom. The zero-order valence-electron chi connectivity index (χ0n) is 10.9. The number of hydrogen-bond donors (Lipinski definition) is 1. The van der Waals surface area contributed by atoms with Crippen LogP contribution in [-0.4, -0.2) is 24.4 Å². The number of carbonyl (C=O) groups is 1. The maximum Gasteiger partial charge on any atom is 0.209 e. The maximum atomic E-state index is 11.7. The first-order valence-corrected chi connectivity index (χ1v) is 5.70. The van der Waals surface area contributed by atoms with Crippen LogP contribution < -0.4 is 4.90 Å². The molecule has 0 radical (unpaired) electrons. The van der Waals surface area contributed by atoms with Crippen molar-refractivity contribution < 1.29 is 9.69 Å². The van der Waals surface area contributed by atoms with Crippen LogP contribution in [0, 0.1) is 5.41 Å². The quantitative estimate of drug-likeness (QED) is 0.638. The van der Waals surface area contributed by atoms with E-state index in [-0.39, 0.29) is 16.7 Å². The molecular weight excluding hydrogens is 186 g/mol. The Morgan fingerprint density at radius 3 is 2.00 bits per heavy atom. The minimum Gasteiger partial charge on any atom is -0.321 e. The van der Waals surface area contributed by atoms with Gasteiger partial charge in [0.05, 0.1) is 5.54 Å². The second kappa shape index (κ2) is 3.75. The topological polar surface area (TPSA) is 21.5 Å². The van der Waals surface area contributed by atoms with Gasteiger partial charge in [0.2, 0.25) is 5.78 Å². The van der Waals surface area contributed by atoms with Gasteiger partial charge in [-0.3, -0.25) is 4.79 Å². The molecule has 0 bridgehead atoms. The molecule has 0 aromatic rings. The molecular formula is C13H24NO+. The van der Waals surface area contributed by atoms with Crippen molar-refractivity contribution in [2.24, 2.45) is 5.41 Å². The highest BCUT2D eigenvalue weighted by atomic mass is 16.1. The van der Waals surface area contributed by atoms with E-state index >= 15 is 0 Å². The molecule has 2 nitrogen and oxygen atoms in total. The standard InChI is InChI=1S/C13H23NO/c1-12(2,3)10-7-11(15)9-14(8-10)13(4,5)6/h7H,8-9H2,1-6H3/p+1. The van der Waals surface area contributed by atoms with Gasteiger partial charge in [-0.15, -0.1) is 0 Å². The van der Waals surface area contributed by atoms with Crippen LogP contribution in [0.2, 0.25) is 0 Å².